The molecule has 1 N–H and O–H groups in total. The number of hydrogen-bond acceptors (Lipinski definition) is 4. The van der Waals surface area contributed by atoms with Crippen molar-refractivity contribution in [2.75, 3.05) is 6.61 Å². The molecule has 0 fully saturated rings. The second-order valence-corrected chi connectivity index (χ2v) is 8.66. The predicted octanol–water partition coefficient (Wildman–Crippen LogP) is 5.16. The van der Waals surface area contributed by atoms with Crippen LogP contribution in [0.2, 0.25) is 10.0 Å². The molecule has 0 unspecified atom stereocenters. The van der Waals surface area contributed by atoms with Gasteiger partial charge in [0.05, 0.1) is 12.2 Å². The molecule has 1 aromatic rings. The third kappa shape index (κ3) is 3.78. The molecule has 0 radical (unpaired) electrons. The van der Waals surface area contributed by atoms with E-state index in [1.165, 1.54) is 0 Å². The molecule has 1 aliphatic carbocycles. The monoisotopic (exact) mass is 407 g/mol. The predicted molar refractivity (Wildman–Crippen MR) is 107 cm³/mol. The van der Waals surface area contributed by atoms with Crippen molar-refractivity contribution in [2.24, 2.45) is 5.41 Å². The largest absolute Gasteiger partial charge is 0.463 e. The molecule has 0 amide bonds. The van der Waals surface area contributed by atoms with Crippen LogP contribution in [-0.4, -0.2) is 18.4 Å². The van der Waals surface area contributed by atoms with Crippen LogP contribution in [0.15, 0.2) is 40.7 Å². The van der Waals surface area contributed by atoms with Crippen molar-refractivity contribution < 1.29 is 14.3 Å². The first-order valence-corrected chi connectivity index (χ1v) is 9.76. The second kappa shape index (κ2) is 7.33. The van der Waals surface area contributed by atoms with Crippen LogP contribution in [-0.2, 0) is 14.3 Å². The van der Waals surface area contributed by atoms with E-state index in [4.69, 9.17) is 27.9 Å². The zero-order valence-corrected chi connectivity index (χ0v) is 17.4. The van der Waals surface area contributed by atoms with Crippen LogP contribution in [0.1, 0.15) is 52.0 Å². The summed E-state index contributed by atoms with van der Waals surface area (Å²) in [5.41, 5.74) is 3.12. The average Bonchev–Trinajstić information content (AvgIpc) is 2.52. The third-order valence-corrected chi connectivity index (χ3v) is 5.57. The van der Waals surface area contributed by atoms with Crippen molar-refractivity contribution in [3.63, 3.8) is 0 Å². The van der Waals surface area contributed by atoms with Crippen LogP contribution in [0.5, 0.6) is 0 Å². The van der Waals surface area contributed by atoms with E-state index in [9.17, 15) is 9.59 Å². The summed E-state index contributed by atoms with van der Waals surface area (Å²) in [5.74, 6) is -0.976. The van der Waals surface area contributed by atoms with Crippen molar-refractivity contribution in [2.45, 2.75) is 46.5 Å². The maximum absolute atomic E-state index is 13.1. The highest BCUT2D eigenvalue weighted by atomic mass is 35.5. The van der Waals surface area contributed by atoms with E-state index >= 15 is 0 Å². The normalized spacial score (nSPS) is 21.7. The lowest BCUT2D eigenvalue weighted by molar-refractivity contribution is -0.138. The number of Topliss-reactive ketones (excluding diaryl/α,β-unsaturated/α-hetero) is 1. The van der Waals surface area contributed by atoms with Gasteiger partial charge in [0, 0.05) is 39.4 Å². The fourth-order valence-electron chi connectivity index (χ4n) is 3.96. The molecule has 144 valence electrons. The first kappa shape index (κ1) is 20.0. The molecule has 27 heavy (non-hydrogen) atoms. The first-order valence-electron chi connectivity index (χ1n) is 9.00. The van der Waals surface area contributed by atoms with Crippen LogP contribution < -0.4 is 5.32 Å². The molecular weight excluding hydrogens is 385 g/mol. The third-order valence-electron chi connectivity index (χ3n) is 5.01. The first-order chi connectivity index (χ1) is 12.6. The van der Waals surface area contributed by atoms with Gasteiger partial charge in [-0.15, -0.1) is 0 Å². The van der Waals surface area contributed by atoms with Crippen molar-refractivity contribution >= 4 is 35.0 Å². The fraction of sp³-hybridized carbons (Fsp3) is 0.429. The summed E-state index contributed by atoms with van der Waals surface area (Å²) in [6.07, 6.45) is 1.15. The van der Waals surface area contributed by atoms with Gasteiger partial charge in [0.2, 0.25) is 0 Å². The number of carbonyl (C=O) groups is 2. The van der Waals surface area contributed by atoms with E-state index in [0.29, 0.717) is 38.9 Å². The lowest BCUT2D eigenvalue weighted by Crippen LogP contribution is -2.38. The molecule has 3 rings (SSSR count). The van der Waals surface area contributed by atoms with Crippen LogP contribution in [0.3, 0.4) is 0 Å². The maximum Gasteiger partial charge on any atom is 0.336 e. The van der Waals surface area contributed by atoms with Crippen LogP contribution in [0.4, 0.5) is 0 Å². The van der Waals surface area contributed by atoms with Gasteiger partial charge in [0.1, 0.15) is 0 Å². The minimum Gasteiger partial charge on any atom is -0.463 e. The topological polar surface area (TPSA) is 55.4 Å². The van der Waals surface area contributed by atoms with Gasteiger partial charge in [-0.05, 0) is 43.4 Å². The van der Waals surface area contributed by atoms with Crippen LogP contribution in [0, 0.1) is 5.41 Å². The number of esters is 1. The Morgan fingerprint density at radius 1 is 1.30 bits per heavy atom. The number of dihydropyridines is 1. The number of allylic oxidation sites excluding steroid dienone is 3. The summed E-state index contributed by atoms with van der Waals surface area (Å²) in [6, 6.07) is 5.14. The smallest absolute Gasteiger partial charge is 0.336 e. The minimum absolute atomic E-state index is 0.0269. The molecule has 0 spiro atoms. The Balaban J connectivity index is 2.22. The average molecular weight is 408 g/mol. The summed E-state index contributed by atoms with van der Waals surface area (Å²) in [4.78, 5) is 25.9. The van der Waals surface area contributed by atoms with Gasteiger partial charge >= 0.3 is 5.97 Å². The Kier molecular flexibility index (Phi) is 5.42. The van der Waals surface area contributed by atoms with Gasteiger partial charge in [0.25, 0.3) is 0 Å². The summed E-state index contributed by atoms with van der Waals surface area (Å²) in [6.45, 7) is 7.98. The SMILES string of the molecule is CCOC(=O)C1=C(C)NC2=C(C(=O)CC(C)(C)C2)[C@H]1c1ccc(Cl)cc1Cl. The summed E-state index contributed by atoms with van der Waals surface area (Å²) in [5, 5.41) is 4.22. The molecule has 6 heteroatoms. The van der Waals surface area contributed by atoms with Gasteiger partial charge in [-0.25, -0.2) is 4.79 Å². The maximum atomic E-state index is 13.1. The molecule has 2 aliphatic rings. The van der Waals surface area contributed by atoms with E-state index in [0.717, 1.165) is 12.1 Å². The van der Waals surface area contributed by atoms with Crippen LogP contribution >= 0.6 is 23.2 Å². The zero-order chi connectivity index (χ0) is 19.9. The molecular formula is C21H23Cl2NO3. The fourth-order valence-corrected chi connectivity index (χ4v) is 4.48. The number of ketones is 1. The highest BCUT2D eigenvalue weighted by molar-refractivity contribution is 6.35. The lowest BCUT2D eigenvalue weighted by atomic mass is 9.68. The number of benzene rings is 1. The van der Waals surface area contributed by atoms with E-state index in [1.807, 2.05) is 6.92 Å². The van der Waals surface area contributed by atoms with E-state index in [2.05, 4.69) is 19.2 Å². The molecule has 0 saturated carbocycles. The van der Waals surface area contributed by atoms with Gasteiger partial charge in [0.15, 0.2) is 5.78 Å². The van der Waals surface area contributed by atoms with E-state index in [-0.39, 0.29) is 17.8 Å². The summed E-state index contributed by atoms with van der Waals surface area (Å²) < 4.78 is 5.28. The number of nitrogens with one attached hydrogen (secondary N) is 1. The zero-order valence-electron chi connectivity index (χ0n) is 15.9. The van der Waals surface area contributed by atoms with Gasteiger partial charge in [-0.3, -0.25) is 4.79 Å². The molecule has 0 aromatic heterocycles. The Hall–Kier alpha value is -1.78. The quantitative estimate of drug-likeness (QED) is 0.702. The summed E-state index contributed by atoms with van der Waals surface area (Å²) >= 11 is 12.5. The van der Waals surface area contributed by atoms with Crippen molar-refractivity contribution in [3.05, 3.63) is 56.3 Å². The molecule has 1 heterocycles. The molecule has 4 nitrogen and oxygen atoms in total. The Morgan fingerprint density at radius 2 is 2.00 bits per heavy atom. The highest BCUT2D eigenvalue weighted by Gasteiger charge is 2.43. The van der Waals surface area contributed by atoms with Crippen molar-refractivity contribution in [1.29, 1.82) is 0 Å². The van der Waals surface area contributed by atoms with Crippen LogP contribution in [0.25, 0.3) is 0 Å². The van der Waals surface area contributed by atoms with Crippen molar-refractivity contribution in [3.8, 4) is 0 Å². The molecule has 1 atom stereocenters. The van der Waals surface area contributed by atoms with Gasteiger partial charge in [-0.1, -0.05) is 43.1 Å². The standard InChI is InChI=1S/C21H23Cl2NO3/c1-5-27-20(26)17-11(2)24-15-9-21(3,4)10-16(25)19(15)18(17)13-7-6-12(22)8-14(13)23/h6-8,18,24H,5,9-10H2,1-4H3/t18-/m0/s1. The minimum atomic E-state index is -0.561. The molecule has 1 aromatic carbocycles. The number of halogens is 2. The van der Waals surface area contributed by atoms with E-state index in [1.54, 1.807) is 25.1 Å². The Labute approximate surface area is 169 Å². The molecule has 0 saturated heterocycles. The summed E-state index contributed by atoms with van der Waals surface area (Å²) in [7, 11) is 0. The van der Waals surface area contributed by atoms with E-state index < -0.39 is 11.9 Å². The number of carbonyl (C=O) groups excluding carboxylic acids is 2. The van der Waals surface area contributed by atoms with Gasteiger partial charge < -0.3 is 10.1 Å². The Bertz CT molecular complexity index is 883. The second-order valence-electron chi connectivity index (χ2n) is 7.82. The Morgan fingerprint density at radius 3 is 2.63 bits per heavy atom. The van der Waals surface area contributed by atoms with Gasteiger partial charge in [-0.2, -0.15) is 0 Å². The highest BCUT2D eigenvalue weighted by Crippen LogP contribution is 2.48. The van der Waals surface area contributed by atoms with Crippen molar-refractivity contribution in [1.82, 2.24) is 5.32 Å². The number of rotatable bonds is 3. The molecule has 1 aliphatic heterocycles. The lowest BCUT2D eigenvalue weighted by Gasteiger charge is -2.39. The number of hydrogen-bond donors (Lipinski definition) is 1. The molecule has 0 bridgehead atoms. The number of ether oxygens (including phenoxy) is 1.